The number of carbonyl (C=O) groups excluding carboxylic acids is 1. The fourth-order valence-corrected chi connectivity index (χ4v) is 3.04. The van der Waals surface area contributed by atoms with Crippen molar-refractivity contribution in [2.45, 2.75) is 18.9 Å². The van der Waals surface area contributed by atoms with Crippen LogP contribution in [0.25, 0.3) is 0 Å². The molecule has 2 heterocycles. The van der Waals surface area contributed by atoms with Gasteiger partial charge in [-0.2, -0.15) is 15.0 Å². The summed E-state index contributed by atoms with van der Waals surface area (Å²) in [7, 11) is 0. The summed E-state index contributed by atoms with van der Waals surface area (Å²) in [6, 6.07) is 5.20. The van der Waals surface area contributed by atoms with Crippen LogP contribution in [0.15, 0.2) is 30.6 Å². The molecule has 21 heavy (non-hydrogen) atoms. The molecule has 0 radical (unpaired) electrons. The Morgan fingerprint density at radius 2 is 1.81 bits per heavy atom. The molecule has 1 aliphatic rings. The van der Waals surface area contributed by atoms with Crippen molar-refractivity contribution in [2.24, 2.45) is 0 Å². The summed E-state index contributed by atoms with van der Waals surface area (Å²) in [4.78, 5) is 16.0. The molecule has 1 aromatic heterocycles. The largest absolute Gasteiger partial charge is 0.338 e. The number of likely N-dealkylation sites (tertiary alicyclic amines) is 1. The van der Waals surface area contributed by atoms with Crippen molar-refractivity contribution >= 4 is 29.1 Å². The summed E-state index contributed by atoms with van der Waals surface area (Å²) in [5.41, 5.74) is 0.497. The van der Waals surface area contributed by atoms with E-state index in [1.54, 1.807) is 35.4 Å². The third-order valence-corrected chi connectivity index (χ3v) is 4.22. The normalized spacial score (nSPS) is 16.2. The number of nitrogens with zero attached hydrogens (tertiary/aromatic N) is 4. The average molecular weight is 325 g/mol. The first-order chi connectivity index (χ1) is 10.1. The number of benzene rings is 1. The van der Waals surface area contributed by atoms with Crippen LogP contribution in [0, 0.1) is 0 Å². The highest BCUT2D eigenvalue weighted by Crippen LogP contribution is 2.26. The molecule has 0 atom stereocenters. The molecule has 1 aromatic carbocycles. The van der Waals surface area contributed by atoms with Gasteiger partial charge in [0.25, 0.3) is 5.91 Å². The van der Waals surface area contributed by atoms with Crippen LogP contribution in [-0.4, -0.2) is 38.9 Å². The molecule has 1 amide bonds. The molecule has 0 saturated carbocycles. The summed E-state index contributed by atoms with van der Waals surface area (Å²) in [5.74, 6) is -0.0523. The fourth-order valence-electron chi connectivity index (χ4n) is 2.55. The minimum atomic E-state index is -0.0523. The van der Waals surface area contributed by atoms with Crippen molar-refractivity contribution < 1.29 is 4.79 Å². The van der Waals surface area contributed by atoms with Crippen LogP contribution in [0.2, 0.25) is 10.0 Å². The zero-order chi connectivity index (χ0) is 14.8. The Morgan fingerprint density at radius 1 is 1.14 bits per heavy atom. The fraction of sp³-hybridized carbons (Fsp3) is 0.357. The van der Waals surface area contributed by atoms with Gasteiger partial charge in [0, 0.05) is 18.1 Å². The number of hydrogen-bond donors (Lipinski definition) is 0. The molecule has 7 heteroatoms. The lowest BCUT2D eigenvalue weighted by Crippen LogP contribution is -2.39. The number of piperidine rings is 1. The third-order valence-electron chi connectivity index (χ3n) is 3.68. The summed E-state index contributed by atoms with van der Waals surface area (Å²) in [6.45, 7) is 1.34. The van der Waals surface area contributed by atoms with E-state index in [9.17, 15) is 4.79 Å². The standard InChI is InChI=1S/C14H14Cl2N4O/c15-10-1-2-12(13(16)9-10)14(21)19-7-3-11(4-8-19)20-17-5-6-18-20/h1-2,5-6,9,11H,3-4,7-8H2. The molecular formula is C14H14Cl2N4O. The predicted octanol–water partition coefficient (Wildman–Crippen LogP) is 3.06. The topological polar surface area (TPSA) is 51.0 Å². The molecule has 5 nitrogen and oxygen atoms in total. The van der Waals surface area contributed by atoms with Gasteiger partial charge in [0.2, 0.25) is 0 Å². The van der Waals surface area contributed by atoms with Crippen LogP contribution in [0.1, 0.15) is 29.2 Å². The monoisotopic (exact) mass is 324 g/mol. The molecule has 0 aliphatic carbocycles. The van der Waals surface area contributed by atoms with E-state index in [0.29, 0.717) is 28.7 Å². The Labute approximate surface area is 132 Å². The summed E-state index contributed by atoms with van der Waals surface area (Å²) in [6.07, 6.45) is 5.02. The number of aromatic nitrogens is 3. The molecule has 0 spiro atoms. The molecule has 0 N–H and O–H groups in total. The van der Waals surface area contributed by atoms with Crippen LogP contribution in [0.3, 0.4) is 0 Å². The van der Waals surface area contributed by atoms with E-state index in [1.165, 1.54) is 0 Å². The van der Waals surface area contributed by atoms with Crippen molar-refractivity contribution in [3.63, 3.8) is 0 Å². The van der Waals surface area contributed by atoms with E-state index in [2.05, 4.69) is 10.2 Å². The van der Waals surface area contributed by atoms with Gasteiger partial charge in [0.1, 0.15) is 0 Å². The van der Waals surface area contributed by atoms with Crippen molar-refractivity contribution in [3.05, 3.63) is 46.2 Å². The molecule has 0 bridgehead atoms. The zero-order valence-electron chi connectivity index (χ0n) is 11.2. The van der Waals surface area contributed by atoms with Crippen LogP contribution < -0.4 is 0 Å². The number of hydrogen-bond acceptors (Lipinski definition) is 3. The lowest BCUT2D eigenvalue weighted by Gasteiger charge is -2.31. The molecular weight excluding hydrogens is 311 g/mol. The third kappa shape index (κ3) is 3.04. The van der Waals surface area contributed by atoms with E-state index >= 15 is 0 Å². The maximum absolute atomic E-state index is 12.5. The van der Waals surface area contributed by atoms with Gasteiger partial charge in [0.05, 0.1) is 29.0 Å². The first-order valence-corrected chi connectivity index (χ1v) is 7.51. The maximum Gasteiger partial charge on any atom is 0.255 e. The number of carbonyl (C=O) groups is 1. The molecule has 0 unspecified atom stereocenters. The second-order valence-corrected chi connectivity index (χ2v) is 5.84. The Hall–Kier alpha value is -1.59. The molecule has 1 saturated heterocycles. The lowest BCUT2D eigenvalue weighted by atomic mass is 10.0. The SMILES string of the molecule is O=C(c1ccc(Cl)cc1Cl)N1CCC(n2nccn2)CC1. The van der Waals surface area contributed by atoms with Crippen molar-refractivity contribution in [2.75, 3.05) is 13.1 Å². The van der Waals surface area contributed by atoms with Crippen LogP contribution in [0.4, 0.5) is 0 Å². The van der Waals surface area contributed by atoms with E-state index < -0.39 is 0 Å². The highest BCUT2D eigenvalue weighted by atomic mass is 35.5. The highest BCUT2D eigenvalue weighted by Gasteiger charge is 2.26. The lowest BCUT2D eigenvalue weighted by molar-refractivity contribution is 0.0684. The van der Waals surface area contributed by atoms with Gasteiger partial charge < -0.3 is 4.90 Å². The Balaban J connectivity index is 1.67. The van der Waals surface area contributed by atoms with Gasteiger partial charge in [-0.1, -0.05) is 23.2 Å². The van der Waals surface area contributed by atoms with E-state index in [0.717, 1.165) is 12.8 Å². The van der Waals surface area contributed by atoms with Crippen LogP contribution >= 0.6 is 23.2 Å². The van der Waals surface area contributed by atoms with Gasteiger partial charge in [-0.05, 0) is 31.0 Å². The number of rotatable bonds is 2. The molecule has 3 rings (SSSR count). The highest BCUT2D eigenvalue weighted by molar-refractivity contribution is 6.36. The van der Waals surface area contributed by atoms with E-state index in [4.69, 9.17) is 23.2 Å². The molecule has 2 aromatic rings. The van der Waals surface area contributed by atoms with Gasteiger partial charge in [-0.3, -0.25) is 4.79 Å². The van der Waals surface area contributed by atoms with Gasteiger partial charge in [-0.15, -0.1) is 0 Å². The summed E-state index contributed by atoms with van der Waals surface area (Å²) < 4.78 is 0. The minimum Gasteiger partial charge on any atom is -0.338 e. The first kappa shape index (κ1) is 14.4. The van der Waals surface area contributed by atoms with E-state index in [1.807, 2.05) is 4.90 Å². The van der Waals surface area contributed by atoms with Crippen molar-refractivity contribution in [1.29, 1.82) is 0 Å². The molecule has 110 valence electrons. The zero-order valence-corrected chi connectivity index (χ0v) is 12.8. The average Bonchev–Trinajstić information content (AvgIpc) is 3.01. The Kier molecular flexibility index (Phi) is 4.12. The van der Waals surface area contributed by atoms with Crippen molar-refractivity contribution in [3.8, 4) is 0 Å². The summed E-state index contributed by atoms with van der Waals surface area (Å²) >= 11 is 12.0. The second-order valence-electron chi connectivity index (χ2n) is 5.00. The van der Waals surface area contributed by atoms with Gasteiger partial charge in [0.15, 0.2) is 0 Å². The quantitative estimate of drug-likeness (QED) is 0.853. The van der Waals surface area contributed by atoms with Gasteiger partial charge >= 0.3 is 0 Å². The van der Waals surface area contributed by atoms with Gasteiger partial charge in [-0.25, -0.2) is 0 Å². The first-order valence-electron chi connectivity index (χ1n) is 6.75. The number of halogens is 2. The Morgan fingerprint density at radius 3 is 2.43 bits per heavy atom. The molecule has 1 fully saturated rings. The number of amides is 1. The predicted molar refractivity (Wildman–Crippen MR) is 80.7 cm³/mol. The minimum absolute atomic E-state index is 0.0523. The Bertz CT molecular complexity index is 636. The summed E-state index contributed by atoms with van der Waals surface area (Å²) in [5, 5.41) is 9.24. The maximum atomic E-state index is 12.5. The second kappa shape index (κ2) is 6.03. The van der Waals surface area contributed by atoms with Crippen LogP contribution in [-0.2, 0) is 0 Å². The van der Waals surface area contributed by atoms with E-state index in [-0.39, 0.29) is 11.9 Å². The smallest absolute Gasteiger partial charge is 0.255 e. The van der Waals surface area contributed by atoms with Crippen molar-refractivity contribution in [1.82, 2.24) is 19.9 Å². The molecule has 1 aliphatic heterocycles. The van der Waals surface area contributed by atoms with Crippen LogP contribution in [0.5, 0.6) is 0 Å².